The van der Waals surface area contributed by atoms with E-state index < -0.39 is 0 Å². The van der Waals surface area contributed by atoms with Crippen molar-refractivity contribution in [1.82, 2.24) is 4.90 Å². The van der Waals surface area contributed by atoms with Crippen molar-refractivity contribution in [3.8, 4) is 0 Å². The molecule has 2 aromatic rings. The van der Waals surface area contributed by atoms with E-state index in [0.29, 0.717) is 17.8 Å². The summed E-state index contributed by atoms with van der Waals surface area (Å²) in [5.74, 6) is 1.74. The van der Waals surface area contributed by atoms with Crippen LogP contribution in [0.15, 0.2) is 54.6 Å². The van der Waals surface area contributed by atoms with Gasteiger partial charge in [-0.25, -0.2) is 0 Å². The van der Waals surface area contributed by atoms with Crippen LogP contribution in [-0.4, -0.2) is 38.0 Å². The number of likely N-dealkylation sites (tertiary alicyclic amines) is 1. The number of nitrogens with one attached hydrogen (secondary N) is 1. The first-order valence-electron chi connectivity index (χ1n) is 11.7. The van der Waals surface area contributed by atoms with Gasteiger partial charge in [-0.05, 0) is 60.4 Å². The molecule has 2 aliphatic heterocycles. The number of hydrogen-bond donors (Lipinski definition) is 1. The monoisotopic (exact) mass is 415 g/mol. The van der Waals surface area contributed by atoms with E-state index in [2.05, 4.69) is 84.7 Å². The molecule has 0 bridgehead atoms. The highest BCUT2D eigenvalue weighted by atomic mass is 16.2. The number of carbonyl (C=O) groups is 1. The van der Waals surface area contributed by atoms with E-state index in [4.69, 9.17) is 0 Å². The maximum absolute atomic E-state index is 13.5. The fourth-order valence-corrected chi connectivity index (χ4v) is 5.49. The number of para-hydroxylation sites is 1. The smallest absolute Gasteiger partial charge is 0.255 e. The van der Waals surface area contributed by atoms with E-state index in [9.17, 15) is 4.79 Å². The summed E-state index contributed by atoms with van der Waals surface area (Å²) < 4.78 is 0. The number of piperidine rings is 1. The second-order valence-electron chi connectivity index (χ2n) is 9.71. The van der Waals surface area contributed by atoms with Gasteiger partial charge >= 0.3 is 0 Å². The van der Waals surface area contributed by atoms with Crippen molar-refractivity contribution in [2.45, 2.75) is 38.1 Å². The van der Waals surface area contributed by atoms with Crippen molar-refractivity contribution in [2.75, 3.05) is 37.4 Å². The summed E-state index contributed by atoms with van der Waals surface area (Å²) in [4.78, 5) is 17.7. The molecule has 31 heavy (non-hydrogen) atoms. The molecule has 0 radical (unpaired) electrons. The molecule has 4 heteroatoms. The van der Waals surface area contributed by atoms with Gasteiger partial charge in [0.05, 0.1) is 17.3 Å². The molecule has 1 aliphatic carbocycles. The van der Waals surface area contributed by atoms with Crippen molar-refractivity contribution < 1.29 is 4.79 Å². The quantitative estimate of drug-likeness (QED) is 0.677. The third-order valence-electron chi connectivity index (χ3n) is 7.47. The Balaban J connectivity index is 1.50. The molecule has 1 amide bonds. The number of fused-ring (bicyclic) bond motifs is 3. The molecule has 2 aromatic carbocycles. The third-order valence-corrected chi connectivity index (χ3v) is 7.47. The Kier molecular flexibility index (Phi) is 5.25. The molecule has 162 valence electrons. The van der Waals surface area contributed by atoms with Gasteiger partial charge in [0.2, 0.25) is 0 Å². The predicted molar refractivity (Wildman–Crippen MR) is 128 cm³/mol. The fourth-order valence-electron chi connectivity index (χ4n) is 5.49. The zero-order valence-corrected chi connectivity index (χ0v) is 18.8. The largest absolute Gasteiger partial charge is 0.378 e. The van der Waals surface area contributed by atoms with Crippen LogP contribution in [0.5, 0.6) is 0 Å². The molecule has 2 heterocycles. The summed E-state index contributed by atoms with van der Waals surface area (Å²) in [6.45, 7) is 4.02. The van der Waals surface area contributed by atoms with Gasteiger partial charge in [-0.15, -0.1) is 0 Å². The zero-order chi connectivity index (χ0) is 21.5. The Bertz CT molecular complexity index is 986. The summed E-state index contributed by atoms with van der Waals surface area (Å²) in [5.41, 5.74) is 5.65. The van der Waals surface area contributed by atoms with Crippen LogP contribution in [0.1, 0.15) is 59.6 Å². The van der Waals surface area contributed by atoms with Crippen LogP contribution in [0.2, 0.25) is 0 Å². The van der Waals surface area contributed by atoms with Crippen LogP contribution in [0, 0.1) is 11.8 Å². The number of benzene rings is 2. The van der Waals surface area contributed by atoms with Crippen molar-refractivity contribution in [3.63, 3.8) is 0 Å². The maximum atomic E-state index is 13.5. The van der Waals surface area contributed by atoms with Crippen LogP contribution in [0.4, 0.5) is 11.4 Å². The van der Waals surface area contributed by atoms with Gasteiger partial charge < -0.3 is 15.1 Å². The van der Waals surface area contributed by atoms with Crippen molar-refractivity contribution >= 4 is 17.3 Å². The SMILES string of the molecule is CC1CCN(C(=O)c2cccc3c2NC(c2ccc(N(C)C)cc2)C2CC=CC32)CC1. The Morgan fingerprint density at radius 3 is 2.52 bits per heavy atom. The number of allylic oxidation sites excluding steroid dienone is 2. The second kappa shape index (κ2) is 8.07. The lowest BCUT2D eigenvalue weighted by Crippen LogP contribution is -2.39. The van der Waals surface area contributed by atoms with Crippen molar-refractivity contribution in [1.29, 1.82) is 0 Å². The molecule has 0 aromatic heterocycles. The Labute approximate surface area is 185 Å². The van der Waals surface area contributed by atoms with E-state index in [1.807, 2.05) is 6.07 Å². The van der Waals surface area contributed by atoms with E-state index in [-0.39, 0.29) is 11.9 Å². The third kappa shape index (κ3) is 3.62. The highest BCUT2D eigenvalue weighted by Crippen LogP contribution is 2.50. The van der Waals surface area contributed by atoms with Crippen molar-refractivity contribution in [3.05, 3.63) is 71.3 Å². The van der Waals surface area contributed by atoms with Crippen LogP contribution >= 0.6 is 0 Å². The summed E-state index contributed by atoms with van der Waals surface area (Å²) >= 11 is 0. The predicted octanol–water partition coefficient (Wildman–Crippen LogP) is 5.45. The van der Waals surface area contributed by atoms with E-state index in [1.165, 1.54) is 16.8 Å². The van der Waals surface area contributed by atoms with Gasteiger partial charge in [0.25, 0.3) is 5.91 Å². The highest BCUT2D eigenvalue weighted by Gasteiger charge is 2.39. The fraction of sp³-hybridized carbons (Fsp3) is 0.444. The van der Waals surface area contributed by atoms with Gasteiger partial charge in [-0.1, -0.05) is 43.3 Å². The molecule has 1 saturated heterocycles. The number of nitrogens with zero attached hydrogens (tertiary/aromatic N) is 2. The molecule has 0 saturated carbocycles. The minimum atomic E-state index is 0.179. The first-order valence-corrected chi connectivity index (χ1v) is 11.7. The Morgan fingerprint density at radius 1 is 1.06 bits per heavy atom. The molecule has 4 nitrogen and oxygen atoms in total. The lowest BCUT2D eigenvalue weighted by atomic mass is 9.76. The van der Waals surface area contributed by atoms with Crippen LogP contribution in [-0.2, 0) is 0 Å². The standard InChI is InChI=1S/C27H33N3O/c1-18-14-16-30(17-15-18)27(31)24-9-5-8-23-21-6-4-7-22(21)25(28-26(23)24)19-10-12-20(13-11-19)29(2)3/h4-6,8-13,18,21-22,25,28H,7,14-17H2,1-3H3. The summed E-state index contributed by atoms with van der Waals surface area (Å²) in [6, 6.07) is 15.3. The maximum Gasteiger partial charge on any atom is 0.255 e. The van der Waals surface area contributed by atoms with Gasteiger partial charge in [-0.3, -0.25) is 4.79 Å². The van der Waals surface area contributed by atoms with E-state index >= 15 is 0 Å². The normalized spacial score (nSPS) is 25.0. The topological polar surface area (TPSA) is 35.6 Å². The zero-order valence-electron chi connectivity index (χ0n) is 18.8. The Morgan fingerprint density at radius 2 is 1.81 bits per heavy atom. The van der Waals surface area contributed by atoms with Gasteiger partial charge in [-0.2, -0.15) is 0 Å². The lowest BCUT2D eigenvalue weighted by Gasteiger charge is -2.39. The highest BCUT2D eigenvalue weighted by molar-refractivity contribution is 6.01. The minimum Gasteiger partial charge on any atom is -0.378 e. The molecule has 1 fully saturated rings. The number of rotatable bonds is 3. The average Bonchev–Trinajstić information content (AvgIpc) is 3.28. The van der Waals surface area contributed by atoms with Crippen LogP contribution in [0.3, 0.4) is 0 Å². The minimum absolute atomic E-state index is 0.179. The van der Waals surface area contributed by atoms with Crippen molar-refractivity contribution in [2.24, 2.45) is 11.8 Å². The Hall–Kier alpha value is -2.75. The molecule has 5 rings (SSSR count). The second-order valence-corrected chi connectivity index (χ2v) is 9.71. The molecular weight excluding hydrogens is 382 g/mol. The average molecular weight is 416 g/mol. The summed E-state index contributed by atoms with van der Waals surface area (Å²) in [6.07, 6.45) is 7.93. The van der Waals surface area contributed by atoms with E-state index in [0.717, 1.165) is 43.6 Å². The van der Waals surface area contributed by atoms with Crippen LogP contribution < -0.4 is 10.2 Å². The number of anilines is 2. The molecular formula is C27H33N3O. The van der Waals surface area contributed by atoms with Crippen LogP contribution in [0.25, 0.3) is 0 Å². The van der Waals surface area contributed by atoms with E-state index in [1.54, 1.807) is 0 Å². The molecule has 3 aliphatic rings. The number of amides is 1. The first kappa shape index (κ1) is 20.2. The molecule has 3 unspecified atom stereocenters. The molecule has 3 atom stereocenters. The lowest BCUT2D eigenvalue weighted by molar-refractivity contribution is 0.0698. The summed E-state index contributed by atoms with van der Waals surface area (Å²) in [5, 5.41) is 3.83. The summed E-state index contributed by atoms with van der Waals surface area (Å²) in [7, 11) is 4.14. The number of carbonyl (C=O) groups excluding carboxylic acids is 1. The van der Waals surface area contributed by atoms with Gasteiger partial charge in [0.1, 0.15) is 0 Å². The molecule has 0 spiro atoms. The van der Waals surface area contributed by atoms with Gasteiger partial charge in [0, 0.05) is 38.8 Å². The van der Waals surface area contributed by atoms with Gasteiger partial charge in [0.15, 0.2) is 0 Å². The number of hydrogen-bond acceptors (Lipinski definition) is 3. The first-order chi connectivity index (χ1) is 15.0. The molecule has 1 N–H and O–H groups in total.